The molecule has 1 fully saturated rings. The van der Waals surface area contributed by atoms with Crippen LogP contribution in [0.5, 0.6) is 0 Å². The smallest absolute Gasteiger partial charge is 0.224 e. The minimum atomic E-state index is -4.45. The lowest BCUT2D eigenvalue weighted by molar-refractivity contribution is 0.520. The van der Waals surface area contributed by atoms with E-state index in [0.29, 0.717) is 11.5 Å². The number of benzene rings is 2. The summed E-state index contributed by atoms with van der Waals surface area (Å²) < 4.78 is 50.5. The average Bonchev–Trinajstić information content (AvgIpc) is 2.98. The standard InChI is InChI=1S/C17H17F2NO2S2/c18-14-7-12(8-15(19)17(14)24(20,21)22)11-5-6-13(16(23)9-11)10-3-1-2-4-10/h5-10,23H,1-4H2,(H2,20,21,22). The fraction of sp³-hybridized carbons (Fsp3) is 0.294. The topological polar surface area (TPSA) is 60.2 Å². The zero-order valence-corrected chi connectivity index (χ0v) is 14.5. The van der Waals surface area contributed by atoms with E-state index in [1.807, 2.05) is 6.07 Å². The molecule has 24 heavy (non-hydrogen) atoms. The van der Waals surface area contributed by atoms with Crippen LogP contribution in [-0.4, -0.2) is 8.42 Å². The Morgan fingerprint density at radius 1 is 1.00 bits per heavy atom. The molecule has 0 unspecified atom stereocenters. The van der Waals surface area contributed by atoms with Gasteiger partial charge in [0.1, 0.15) is 11.6 Å². The summed E-state index contributed by atoms with van der Waals surface area (Å²) >= 11 is 4.51. The SMILES string of the molecule is NS(=O)(=O)c1c(F)cc(-c2ccc(C3CCCC3)c(S)c2)cc1F. The van der Waals surface area contributed by atoms with Crippen LogP contribution in [0.4, 0.5) is 8.78 Å². The highest BCUT2D eigenvalue weighted by Crippen LogP contribution is 2.38. The minimum Gasteiger partial charge on any atom is -0.224 e. The monoisotopic (exact) mass is 369 g/mol. The van der Waals surface area contributed by atoms with Crippen LogP contribution < -0.4 is 5.14 Å². The Morgan fingerprint density at radius 2 is 1.58 bits per heavy atom. The first-order valence-corrected chi connectivity index (χ1v) is 9.62. The van der Waals surface area contributed by atoms with Crippen LogP contribution in [0.3, 0.4) is 0 Å². The van der Waals surface area contributed by atoms with E-state index in [0.717, 1.165) is 35.4 Å². The van der Waals surface area contributed by atoms with Gasteiger partial charge < -0.3 is 0 Å². The molecule has 0 spiro atoms. The van der Waals surface area contributed by atoms with Crippen LogP contribution in [0, 0.1) is 11.6 Å². The van der Waals surface area contributed by atoms with Gasteiger partial charge in [-0.1, -0.05) is 25.0 Å². The fourth-order valence-corrected chi connectivity index (χ4v) is 4.36. The molecule has 1 aliphatic rings. The lowest BCUT2D eigenvalue weighted by atomic mass is 9.95. The molecule has 0 atom stereocenters. The van der Waals surface area contributed by atoms with Crippen molar-refractivity contribution in [2.24, 2.45) is 5.14 Å². The molecule has 0 aliphatic heterocycles. The van der Waals surface area contributed by atoms with Crippen LogP contribution >= 0.6 is 12.6 Å². The predicted molar refractivity (Wildman–Crippen MR) is 91.6 cm³/mol. The molecule has 0 saturated heterocycles. The normalized spacial score (nSPS) is 15.8. The first-order chi connectivity index (χ1) is 11.3. The zero-order valence-electron chi connectivity index (χ0n) is 12.8. The van der Waals surface area contributed by atoms with Gasteiger partial charge in [-0.3, -0.25) is 0 Å². The highest BCUT2D eigenvalue weighted by molar-refractivity contribution is 7.89. The summed E-state index contributed by atoms with van der Waals surface area (Å²) in [6.45, 7) is 0. The van der Waals surface area contributed by atoms with Gasteiger partial charge in [0, 0.05) is 4.90 Å². The molecule has 0 bridgehead atoms. The Hall–Kier alpha value is -1.44. The second kappa shape index (κ2) is 6.46. The number of halogens is 2. The summed E-state index contributed by atoms with van der Waals surface area (Å²) in [5.74, 6) is -1.93. The third-order valence-electron chi connectivity index (χ3n) is 4.44. The second-order valence-corrected chi connectivity index (χ2v) is 8.05. The first-order valence-electron chi connectivity index (χ1n) is 7.62. The molecule has 128 valence electrons. The molecule has 0 heterocycles. The van der Waals surface area contributed by atoms with Gasteiger partial charge in [-0.25, -0.2) is 22.3 Å². The van der Waals surface area contributed by atoms with Gasteiger partial charge in [0.25, 0.3) is 0 Å². The molecular weight excluding hydrogens is 352 g/mol. The van der Waals surface area contributed by atoms with Crippen LogP contribution in [0.15, 0.2) is 40.1 Å². The Morgan fingerprint density at radius 3 is 2.08 bits per heavy atom. The third kappa shape index (κ3) is 3.34. The van der Waals surface area contributed by atoms with Crippen molar-refractivity contribution in [1.29, 1.82) is 0 Å². The van der Waals surface area contributed by atoms with Crippen LogP contribution in [0.25, 0.3) is 11.1 Å². The number of primary sulfonamides is 1. The van der Waals surface area contributed by atoms with Crippen molar-refractivity contribution < 1.29 is 17.2 Å². The predicted octanol–water partition coefficient (Wildman–Crippen LogP) is 4.23. The van der Waals surface area contributed by atoms with Crippen molar-refractivity contribution in [3.8, 4) is 11.1 Å². The van der Waals surface area contributed by atoms with E-state index >= 15 is 0 Å². The van der Waals surface area contributed by atoms with Gasteiger partial charge in [-0.15, -0.1) is 12.6 Å². The Bertz CT molecular complexity index is 868. The minimum absolute atomic E-state index is 0.241. The van der Waals surface area contributed by atoms with E-state index in [1.165, 1.54) is 12.8 Å². The molecule has 1 aliphatic carbocycles. The number of hydrogen-bond acceptors (Lipinski definition) is 3. The summed E-state index contributed by atoms with van der Waals surface area (Å²) in [7, 11) is -4.45. The maximum atomic E-state index is 14.0. The van der Waals surface area contributed by atoms with E-state index in [-0.39, 0.29) is 5.56 Å². The first kappa shape index (κ1) is 17.4. The molecule has 0 radical (unpaired) electrons. The molecule has 2 aromatic rings. The summed E-state index contributed by atoms with van der Waals surface area (Å²) in [5, 5.41) is 4.84. The average molecular weight is 369 g/mol. The van der Waals surface area contributed by atoms with Gasteiger partial charge in [0.05, 0.1) is 0 Å². The number of rotatable bonds is 3. The molecule has 2 aromatic carbocycles. The molecule has 2 N–H and O–H groups in total. The van der Waals surface area contributed by atoms with Gasteiger partial charge in [0.2, 0.25) is 10.0 Å². The van der Waals surface area contributed by atoms with Crippen molar-refractivity contribution in [2.75, 3.05) is 0 Å². The zero-order chi connectivity index (χ0) is 17.5. The lowest BCUT2D eigenvalue weighted by Crippen LogP contribution is -2.16. The Balaban J connectivity index is 2.02. The van der Waals surface area contributed by atoms with E-state index in [2.05, 4.69) is 12.6 Å². The number of sulfonamides is 1. The van der Waals surface area contributed by atoms with Crippen LogP contribution in [-0.2, 0) is 10.0 Å². The van der Waals surface area contributed by atoms with Crippen molar-refractivity contribution in [3.63, 3.8) is 0 Å². The van der Waals surface area contributed by atoms with Crippen LogP contribution in [0.1, 0.15) is 37.2 Å². The second-order valence-electron chi connectivity index (χ2n) is 6.07. The van der Waals surface area contributed by atoms with E-state index < -0.39 is 26.6 Å². The highest BCUT2D eigenvalue weighted by Gasteiger charge is 2.23. The van der Waals surface area contributed by atoms with E-state index in [4.69, 9.17) is 5.14 Å². The van der Waals surface area contributed by atoms with Gasteiger partial charge >= 0.3 is 0 Å². The van der Waals surface area contributed by atoms with Crippen LogP contribution in [0.2, 0.25) is 0 Å². The van der Waals surface area contributed by atoms with E-state index in [1.54, 1.807) is 12.1 Å². The Kier molecular flexibility index (Phi) is 4.68. The summed E-state index contributed by atoms with van der Waals surface area (Å²) in [5.41, 5.74) is 1.95. The quantitative estimate of drug-likeness (QED) is 0.796. The van der Waals surface area contributed by atoms with Crippen molar-refractivity contribution in [2.45, 2.75) is 41.4 Å². The summed E-state index contributed by atoms with van der Waals surface area (Å²) in [6, 6.07) is 7.40. The molecule has 3 nitrogen and oxygen atoms in total. The highest BCUT2D eigenvalue weighted by atomic mass is 32.2. The van der Waals surface area contributed by atoms with E-state index in [9.17, 15) is 17.2 Å². The molecule has 7 heteroatoms. The number of thiol groups is 1. The number of hydrogen-bond donors (Lipinski definition) is 2. The van der Waals surface area contributed by atoms with Crippen molar-refractivity contribution in [3.05, 3.63) is 47.5 Å². The lowest BCUT2D eigenvalue weighted by Gasteiger charge is -2.14. The number of nitrogens with two attached hydrogens (primary N) is 1. The molecule has 0 amide bonds. The summed E-state index contributed by atoms with van der Waals surface area (Å²) in [6.07, 6.45) is 4.65. The third-order valence-corrected chi connectivity index (χ3v) is 5.79. The largest absolute Gasteiger partial charge is 0.243 e. The fourth-order valence-electron chi connectivity index (χ4n) is 3.30. The Labute approximate surface area is 145 Å². The summed E-state index contributed by atoms with van der Waals surface area (Å²) in [4.78, 5) is -0.337. The molecular formula is C17H17F2NO2S2. The maximum absolute atomic E-state index is 14.0. The van der Waals surface area contributed by atoms with Gasteiger partial charge in [-0.2, -0.15) is 0 Å². The van der Waals surface area contributed by atoms with Gasteiger partial charge in [-0.05, 0) is 53.6 Å². The molecule has 3 rings (SSSR count). The van der Waals surface area contributed by atoms with Crippen molar-refractivity contribution in [1.82, 2.24) is 0 Å². The van der Waals surface area contributed by atoms with Crippen molar-refractivity contribution >= 4 is 22.7 Å². The molecule has 1 saturated carbocycles. The molecule has 0 aromatic heterocycles. The van der Waals surface area contributed by atoms with Gasteiger partial charge in [0.15, 0.2) is 4.90 Å². The maximum Gasteiger partial charge on any atom is 0.243 e.